The minimum absolute atomic E-state index is 2.05. The summed E-state index contributed by atoms with van der Waals surface area (Å²) in [6.45, 7) is 0. The van der Waals surface area contributed by atoms with E-state index in [0.29, 0.717) is 0 Å². The molecule has 0 radical (unpaired) electrons. The van der Waals surface area contributed by atoms with Crippen LogP contribution in [-0.2, 0) is 10.7 Å². The van der Waals surface area contributed by atoms with Crippen molar-refractivity contribution in [2.75, 3.05) is 0 Å². The SMILES string of the molecule is O=P(Cl)(Cl)Oc1c(F)c(F)c(C(F)(F)F)c(F)c1F. The Kier molecular flexibility index (Phi) is 4.34. The van der Waals surface area contributed by atoms with Crippen molar-refractivity contribution in [1.82, 2.24) is 0 Å². The van der Waals surface area contributed by atoms with E-state index in [9.17, 15) is 35.3 Å². The highest BCUT2D eigenvalue weighted by Gasteiger charge is 2.43. The average Bonchev–Trinajstić information content (AvgIpc) is 2.18. The number of rotatable bonds is 2. The van der Waals surface area contributed by atoms with Crippen molar-refractivity contribution in [3.05, 3.63) is 28.8 Å². The molecule has 2 nitrogen and oxygen atoms in total. The molecule has 108 valence electrons. The van der Waals surface area contributed by atoms with Crippen LogP contribution in [0.5, 0.6) is 5.75 Å². The van der Waals surface area contributed by atoms with Crippen LogP contribution in [0, 0.1) is 23.3 Å². The molecule has 0 saturated carbocycles. The molecular formula is C7Cl2F7O2P. The Morgan fingerprint density at radius 1 is 0.895 bits per heavy atom. The normalized spacial score (nSPS) is 12.7. The van der Waals surface area contributed by atoms with Gasteiger partial charge in [-0.2, -0.15) is 22.0 Å². The lowest BCUT2D eigenvalue weighted by molar-refractivity contribution is -0.143. The zero-order valence-electron chi connectivity index (χ0n) is 8.17. The quantitative estimate of drug-likeness (QED) is 0.415. The highest BCUT2D eigenvalue weighted by Crippen LogP contribution is 2.58. The van der Waals surface area contributed by atoms with Crippen molar-refractivity contribution in [2.45, 2.75) is 6.18 Å². The lowest BCUT2D eigenvalue weighted by Crippen LogP contribution is -2.15. The van der Waals surface area contributed by atoms with Crippen LogP contribution in [0.25, 0.3) is 0 Å². The molecule has 12 heteroatoms. The first-order valence-corrected chi connectivity index (χ1v) is 7.42. The molecular weight excluding hydrogens is 351 g/mol. The molecule has 1 aromatic carbocycles. The molecule has 0 aliphatic heterocycles. The molecule has 19 heavy (non-hydrogen) atoms. The molecule has 0 bridgehead atoms. The monoisotopic (exact) mass is 350 g/mol. The van der Waals surface area contributed by atoms with E-state index in [0.717, 1.165) is 0 Å². The van der Waals surface area contributed by atoms with Crippen molar-refractivity contribution in [1.29, 1.82) is 0 Å². The van der Waals surface area contributed by atoms with Gasteiger partial charge in [0, 0.05) is 22.5 Å². The zero-order chi connectivity index (χ0) is 15.2. The van der Waals surface area contributed by atoms with Gasteiger partial charge >= 0.3 is 12.3 Å². The molecule has 0 heterocycles. The molecule has 0 aromatic heterocycles. The van der Waals surface area contributed by atoms with Gasteiger partial charge in [-0.1, -0.05) is 0 Å². The van der Waals surface area contributed by atoms with Gasteiger partial charge in [-0.15, -0.1) is 0 Å². The molecule has 0 amide bonds. The third-order valence-corrected chi connectivity index (χ3v) is 2.51. The Balaban J connectivity index is 3.62. The van der Waals surface area contributed by atoms with Gasteiger partial charge in [0.15, 0.2) is 11.6 Å². The lowest BCUT2D eigenvalue weighted by Gasteiger charge is -2.14. The second kappa shape index (κ2) is 5.03. The van der Waals surface area contributed by atoms with Gasteiger partial charge < -0.3 is 4.52 Å². The van der Waals surface area contributed by atoms with E-state index in [1.54, 1.807) is 0 Å². The minimum Gasteiger partial charge on any atom is -0.416 e. The highest BCUT2D eigenvalue weighted by molar-refractivity contribution is 8.05. The van der Waals surface area contributed by atoms with Crippen LogP contribution in [0.1, 0.15) is 5.56 Å². The van der Waals surface area contributed by atoms with E-state index < -0.39 is 46.8 Å². The summed E-state index contributed by atoms with van der Waals surface area (Å²) >= 11 is 9.49. The molecule has 1 rings (SSSR count). The molecule has 0 saturated heterocycles. The topological polar surface area (TPSA) is 26.3 Å². The molecule has 0 aliphatic carbocycles. The fourth-order valence-electron chi connectivity index (χ4n) is 1.05. The Hall–Kier alpha value is -0.660. The van der Waals surface area contributed by atoms with Crippen molar-refractivity contribution < 1.29 is 39.8 Å². The zero-order valence-corrected chi connectivity index (χ0v) is 10.6. The highest BCUT2D eigenvalue weighted by atomic mass is 35.9. The molecule has 0 spiro atoms. The standard InChI is InChI=1S/C7Cl2F7O2P/c8-19(9,17)18-6-4(12)2(10)1(7(14,15)16)3(11)5(6)13. The number of hydrogen-bond acceptors (Lipinski definition) is 2. The van der Waals surface area contributed by atoms with E-state index in [2.05, 4.69) is 4.52 Å². The summed E-state index contributed by atoms with van der Waals surface area (Å²) in [6, 6.07) is 0. The average molecular weight is 351 g/mol. The summed E-state index contributed by atoms with van der Waals surface area (Å²) in [6.07, 6.45) is -10.4. The maximum Gasteiger partial charge on any atom is 0.428 e. The van der Waals surface area contributed by atoms with Crippen LogP contribution in [0.15, 0.2) is 0 Å². The predicted molar refractivity (Wildman–Crippen MR) is 51.2 cm³/mol. The smallest absolute Gasteiger partial charge is 0.416 e. The maximum absolute atomic E-state index is 13.1. The van der Waals surface area contributed by atoms with Gasteiger partial charge in [-0.25, -0.2) is 13.3 Å². The Labute approximate surface area is 110 Å². The number of halogens is 9. The third-order valence-electron chi connectivity index (χ3n) is 1.70. The summed E-state index contributed by atoms with van der Waals surface area (Å²) in [4.78, 5) is 0. The first kappa shape index (κ1) is 16.4. The number of benzene rings is 1. The summed E-state index contributed by atoms with van der Waals surface area (Å²) in [5.74, 6) is -12.7. The van der Waals surface area contributed by atoms with E-state index in [1.165, 1.54) is 0 Å². The maximum atomic E-state index is 13.1. The number of hydrogen-bond donors (Lipinski definition) is 0. The summed E-state index contributed by atoms with van der Waals surface area (Å²) in [7, 11) is 0. The Morgan fingerprint density at radius 2 is 1.26 bits per heavy atom. The molecule has 0 atom stereocenters. The number of alkyl halides is 3. The van der Waals surface area contributed by atoms with Gasteiger partial charge in [-0.3, -0.25) is 0 Å². The Bertz CT molecular complexity index is 539. The molecule has 0 N–H and O–H groups in total. The second-order valence-electron chi connectivity index (χ2n) is 2.96. The Morgan fingerprint density at radius 3 is 1.53 bits per heavy atom. The van der Waals surface area contributed by atoms with Gasteiger partial charge in [0.25, 0.3) is 0 Å². The summed E-state index contributed by atoms with van der Waals surface area (Å²) < 4.78 is 103. The van der Waals surface area contributed by atoms with Gasteiger partial charge in [0.05, 0.1) is 0 Å². The van der Waals surface area contributed by atoms with Gasteiger partial charge in [-0.05, 0) is 0 Å². The van der Waals surface area contributed by atoms with E-state index in [-0.39, 0.29) is 0 Å². The molecule has 0 aliphatic rings. The van der Waals surface area contributed by atoms with Crippen molar-refractivity contribution >= 4 is 28.6 Å². The predicted octanol–water partition coefficient (Wildman–Crippen LogP) is 5.23. The largest absolute Gasteiger partial charge is 0.428 e. The van der Waals surface area contributed by atoms with E-state index >= 15 is 0 Å². The third kappa shape index (κ3) is 3.46. The van der Waals surface area contributed by atoms with Crippen molar-refractivity contribution in [3.63, 3.8) is 0 Å². The molecule has 0 fully saturated rings. The van der Waals surface area contributed by atoms with Gasteiger partial charge in [0.1, 0.15) is 5.56 Å². The van der Waals surface area contributed by atoms with E-state index in [1.807, 2.05) is 0 Å². The second-order valence-corrected chi connectivity index (χ2v) is 7.16. The molecule has 1 aromatic rings. The van der Waals surface area contributed by atoms with Crippen molar-refractivity contribution in [3.8, 4) is 5.75 Å². The van der Waals surface area contributed by atoms with Crippen LogP contribution in [0.4, 0.5) is 30.7 Å². The van der Waals surface area contributed by atoms with Crippen LogP contribution >= 0.6 is 28.6 Å². The van der Waals surface area contributed by atoms with E-state index in [4.69, 9.17) is 22.5 Å². The first-order chi connectivity index (χ1) is 8.36. The van der Waals surface area contributed by atoms with Gasteiger partial charge in [0.2, 0.25) is 17.4 Å². The van der Waals surface area contributed by atoms with Crippen molar-refractivity contribution in [2.24, 2.45) is 0 Å². The van der Waals surface area contributed by atoms with Crippen LogP contribution in [-0.4, -0.2) is 0 Å². The lowest BCUT2D eigenvalue weighted by atomic mass is 10.1. The van der Waals surface area contributed by atoms with Crippen LogP contribution < -0.4 is 4.52 Å². The summed E-state index contributed by atoms with van der Waals surface area (Å²) in [5, 5.41) is 0. The van der Waals surface area contributed by atoms with Crippen LogP contribution in [0.3, 0.4) is 0 Å². The summed E-state index contributed by atoms with van der Waals surface area (Å²) in [5.41, 5.74) is -2.80. The first-order valence-electron chi connectivity index (χ1n) is 3.98. The fourth-order valence-corrected chi connectivity index (χ4v) is 1.83. The fraction of sp³-hybridized carbons (Fsp3) is 0.143. The van der Waals surface area contributed by atoms with Crippen LogP contribution in [0.2, 0.25) is 0 Å². The molecule has 0 unspecified atom stereocenters. The minimum atomic E-state index is -5.69.